The zero-order valence-corrected chi connectivity index (χ0v) is 35.8. The Morgan fingerprint density at radius 1 is 0.585 bits per heavy atom. The molecule has 3 fully saturated rings. The number of rotatable bonds is 8. The maximum absolute atomic E-state index is 13.2. The van der Waals surface area contributed by atoms with E-state index in [0.717, 1.165) is 96.1 Å². The fourth-order valence-corrected chi connectivity index (χ4v) is 9.35. The zero-order chi connectivity index (χ0) is 44.9. The molecule has 3 saturated carbocycles. The van der Waals surface area contributed by atoms with Gasteiger partial charge in [-0.25, -0.2) is 9.97 Å². The lowest BCUT2D eigenvalue weighted by atomic mass is 9.72. The van der Waals surface area contributed by atoms with E-state index in [9.17, 15) is 22.8 Å². The summed E-state index contributed by atoms with van der Waals surface area (Å²) in [4.78, 5) is 37.1. The Labute approximate surface area is 375 Å². The largest absolute Gasteiger partial charge is 0.466 e. The van der Waals surface area contributed by atoms with E-state index in [1.807, 2.05) is 77.7 Å². The topological polar surface area (TPSA) is 137 Å². The number of amides is 2. The normalized spacial score (nSPS) is 18.4. The highest BCUT2D eigenvalue weighted by molar-refractivity contribution is 6.01. The first kappa shape index (κ1) is 42.4. The van der Waals surface area contributed by atoms with Gasteiger partial charge in [0.05, 0.1) is 11.4 Å². The number of ether oxygens (including phenoxy) is 2. The van der Waals surface area contributed by atoms with E-state index >= 15 is 0 Å². The van der Waals surface area contributed by atoms with Crippen LogP contribution in [0.15, 0.2) is 121 Å². The van der Waals surface area contributed by atoms with Crippen molar-refractivity contribution in [1.82, 2.24) is 9.97 Å². The second kappa shape index (κ2) is 16.8. The van der Waals surface area contributed by atoms with Gasteiger partial charge in [-0.15, -0.1) is 0 Å². The molecule has 2 aromatic heterocycles. The fraction of sp³-hybridized carbons (Fsp3) is 0.308. The Balaban J connectivity index is 0.000000153. The molecule has 0 unspecified atom stereocenters. The summed E-state index contributed by atoms with van der Waals surface area (Å²) in [7, 11) is 0. The predicted molar refractivity (Wildman–Crippen MR) is 244 cm³/mol. The molecule has 2 aliphatic heterocycles. The van der Waals surface area contributed by atoms with Gasteiger partial charge >= 0.3 is 6.18 Å². The molecule has 0 radical (unpaired) electrons. The number of nitrogens with two attached hydrogens (primary N) is 2. The SMILES string of the molecule is NC1(c2ccc(-c3nc4c(cc3-c3ccccc3)N(C3CCC3)C(=O)CO4)cc2)CCC1.NC1(c2ccc(-c3nc4c(cc3-c3ccccc3)N(CC(F)(F)F)C(=O)CO4)cc2)CCC1. The van der Waals surface area contributed by atoms with Crippen LogP contribution in [0.1, 0.15) is 68.9 Å². The number of hydrogen-bond donors (Lipinski definition) is 2. The average Bonchev–Trinajstić information content (AvgIpc) is 3.28. The van der Waals surface area contributed by atoms with Crippen molar-refractivity contribution >= 4 is 23.2 Å². The van der Waals surface area contributed by atoms with Gasteiger partial charge < -0.3 is 25.8 Å². The van der Waals surface area contributed by atoms with Gasteiger partial charge in [-0.3, -0.25) is 14.5 Å². The number of nitrogens with zero attached hydrogens (tertiary/aromatic N) is 4. The number of alkyl halides is 3. The van der Waals surface area contributed by atoms with Gasteiger partial charge in [-0.1, -0.05) is 109 Å². The Bertz CT molecular complexity index is 2740. The lowest BCUT2D eigenvalue weighted by molar-refractivity contribution is -0.134. The van der Waals surface area contributed by atoms with Gasteiger partial charge in [0.1, 0.15) is 17.9 Å². The van der Waals surface area contributed by atoms with Crippen LogP contribution in [-0.4, -0.2) is 53.8 Å². The summed E-state index contributed by atoms with van der Waals surface area (Å²) in [5.41, 5.74) is 22.2. The Hall–Kier alpha value is -6.57. The number of carbonyl (C=O) groups is 2. The standard InChI is InChI=1S/C27H27N3O2.C25H22F3N3O2/c28-27(14-5-15-27)20-12-10-19(11-13-20)25-22(18-6-2-1-3-7-18)16-23-26(29-25)32-17-24(31)30(23)21-8-4-9-21;26-25(27,28)15-31-20-13-19(16-5-2-1-3-6-16)22(30-23(20)33-14-21(31)32)17-7-9-18(10-8-17)24(29)11-4-12-24/h1-3,6-7,10-13,16,21H,4-5,8-9,14-15,17,28H2;1-3,5-10,13H,4,11-12,14-15,29H2. The number of halogens is 3. The smallest absolute Gasteiger partial charge is 0.406 e. The second-order valence-corrected chi connectivity index (χ2v) is 17.8. The van der Waals surface area contributed by atoms with E-state index in [1.165, 1.54) is 12.0 Å². The molecule has 6 aromatic rings. The lowest BCUT2D eigenvalue weighted by Gasteiger charge is -2.40. The van der Waals surface area contributed by atoms with Crippen molar-refractivity contribution in [2.24, 2.45) is 11.5 Å². The lowest BCUT2D eigenvalue weighted by Crippen LogP contribution is -2.49. The molecule has 4 aromatic carbocycles. The molecule has 0 saturated heterocycles. The van der Waals surface area contributed by atoms with Crippen molar-refractivity contribution in [1.29, 1.82) is 0 Å². The number of carbonyl (C=O) groups excluding carboxylic acids is 2. The van der Waals surface area contributed by atoms with Gasteiger partial charge in [-0.2, -0.15) is 13.2 Å². The van der Waals surface area contributed by atoms with Crippen LogP contribution in [0.3, 0.4) is 0 Å². The van der Waals surface area contributed by atoms with E-state index in [-0.39, 0.29) is 41.2 Å². The maximum Gasteiger partial charge on any atom is 0.406 e. The van der Waals surface area contributed by atoms with Crippen molar-refractivity contribution in [3.63, 3.8) is 0 Å². The molecule has 0 bridgehead atoms. The van der Waals surface area contributed by atoms with Gasteiger partial charge in [0.15, 0.2) is 13.2 Å². The molecule has 13 heteroatoms. The Morgan fingerprint density at radius 3 is 1.45 bits per heavy atom. The van der Waals surface area contributed by atoms with Crippen LogP contribution in [0.25, 0.3) is 44.8 Å². The Morgan fingerprint density at radius 2 is 1.03 bits per heavy atom. The molecule has 11 rings (SSSR count). The number of fused-ring (bicyclic) bond motifs is 2. The molecular formula is C52H49F3N6O4. The summed E-state index contributed by atoms with van der Waals surface area (Å²) < 4.78 is 50.8. The third-order valence-electron chi connectivity index (χ3n) is 13.6. The van der Waals surface area contributed by atoms with Crippen molar-refractivity contribution in [3.05, 3.63) is 132 Å². The summed E-state index contributed by atoms with van der Waals surface area (Å²) in [5.74, 6) is -0.184. The molecule has 332 valence electrons. The van der Waals surface area contributed by atoms with E-state index in [2.05, 4.69) is 47.4 Å². The van der Waals surface area contributed by atoms with Crippen LogP contribution in [0.4, 0.5) is 24.5 Å². The highest BCUT2D eigenvalue weighted by atomic mass is 19.4. The predicted octanol–water partition coefficient (Wildman–Crippen LogP) is 10.1. The molecule has 5 aliphatic rings. The molecule has 3 aliphatic carbocycles. The van der Waals surface area contributed by atoms with Crippen LogP contribution >= 0.6 is 0 Å². The minimum atomic E-state index is -4.55. The van der Waals surface area contributed by atoms with Gasteiger partial charge in [0.25, 0.3) is 11.8 Å². The van der Waals surface area contributed by atoms with Gasteiger partial charge in [-0.05, 0) is 92.2 Å². The van der Waals surface area contributed by atoms with Gasteiger partial charge in [0.2, 0.25) is 11.8 Å². The maximum atomic E-state index is 13.2. The van der Waals surface area contributed by atoms with Crippen LogP contribution in [0, 0.1) is 0 Å². The summed E-state index contributed by atoms with van der Waals surface area (Å²) in [5, 5.41) is 0. The molecule has 0 atom stereocenters. The molecule has 2 amide bonds. The van der Waals surface area contributed by atoms with E-state index in [4.69, 9.17) is 25.9 Å². The van der Waals surface area contributed by atoms with Crippen molar-refractivity contribution in [3.8, 4) is 56.5 Å². The highest BCUT2D eigenvalue weighted by Gasteiger charge is 2.40. The number of hydrogen-bond acceptors (Lipinski definition) is 8. The van der Waals surface area contributed by atoms with Crippen molar-refractivity contribution in [2.45, 2.75) is 81.1 Å². The zero-order valence-electron chi connectivity index (χ0n) is 35.8. The molecule has 65 heavy (non-hydrogen) atoms. The number of anilines is 2. The highest BCUT2D eigenvalue weighted by Crippen LogP contribution is 2.46. The Kier molecular flexibility index (Phi) is 10.9. The molecule has 10 nitrogen and oxygen atoms in total. The fourth-order valence-electron chi connectivity index (χ4n) is 9.35. The first-order valence-electron chi connectivity index (χ1n) is 22.3. The van der Waals surface area contributed by atoms with Crippen LogP contribution in [0.5, 0.6) is 11.8 Å². The van der Waals surface area contributed by atoms with Crippen LogP contribution in [0.2, 0.25) is 0 Å². The third-order valence-corrected chi connectivity index (χ3v) is 13.6. The summed E-state index contributed by atoms with van der Waals surface area (Å²) in [6.07, 6.45) is 4.94. The first-order chi connectivity index (χ1) is 31.4. The van der Waals surface area contributed by atoms with Crippen LogP contribution in [-0.2, 0) is 20.7 Å². The molecule has 4 N–H and O–H groups in total. The number of benzene rings is 4. The minimum absolute atomic E-state index is 0.00638. The first-order valence-corrected chi connectivity index (χ1v) is 22.3. The van der Waals surface area contributed by atoms with Crippen molar-refractivity contribution < 1.29 is 32.2 Å². The minimum Gasteiger partial charge on any atom is -0.466 e. The number of pyridine rings is 2. The van der Waals surface area contributed by atoms with E-state index in [1.54, 1.807) is 6.07 Å². The van der Waals surface area contributed by atoms with Crippen LogP contribution < -0.4 is 30.7 Å². The van der Waals surface area contributed by atoms with Gasteiger partial charge in [0, 0.05) is 39.4 Å². The average molecular weight is 879 g/mol. The summed E-state index contributed by atoms with van der Waals surface area (Å²) >= 11 is 0. The molecular weight excluding hydrogens is 830 g/mol. The van der Waals surface area contributed by atoms with Crippen molar-refractivity contribution in [2.75, 3.05) is 29.6 Å². The third kappa shape index (κ3) is 8.23. The summed E-state index contributed by atoms with van der Waals surface area (Å²) in [6, 6.07) is 39.7. The van der Waals surface area contributed by atoms with E-state index < -0.39 is 25.2 Å². The van der Waals surface area contributed by atoms with E-state index in [0.29, 0.717) is 22.0 Å². The number of aromatic nitrogens is 2. The second-order valence-electron chi connectivity index (χ2n) is 17.8. The molecule has 4 heterocycles. The monoisotopic (exact) mass is 878 g/mol. The molecule has 0 spiro atoms. The quantitative estimate of drug-likeness (QED) is 0.154. The summed E-state index contributed by atoms with van der Waals surface area (Å²) in [6.45, 7) is -1.84.